The van der Waals surface area contributed by atoms with Gasteiger partial charge in [-0.3, -0.25) is 9.36 Å². The highest BCUT2D eigenvalue weighted by Crippen LogP contribution is 2.12. The minimum absolute atomic E-state index is 0.0811. The van der Waals surface area contributed by atoms with Gasteiger partial charge in [-0.05, 0) is 30.8 Å². The maximum Gasteiger partial charge on any atom is 0.243 e. The van der Waals surface area contributed by atoms with Crippen LogP contribution in [0, 0.1) is 11.7 Å². The monoisotopic (exact) mass is 266 g/mol. The number of imidazole rings is 1. The summed E-state index contributed by atoms with van der Waals surface area (Å²) < 4.78 is 7.54. The molecule has 0 saturated carbocycles. The number of primary amides is 1. The number of hydrogen-bond acceptors (Lipinski definition) is 4. The molecule has 1 amide bonds. The highest BCUT2D eigenvalue weighted by atomic mass is 32.1. The molecule has 2 aromatic rings. The van der Waals surface area contributed by atoms with E-state index < -0.39 is 5.91 Å². The Bertz CT molecular complexity index is 631. The van der Waals surface area contributed by atoms with Crippen molar-refractivity contribution in [2.75, 3.05) is 13.2 Å². The zero-order valence-corrected chi connectivity index (χ0v) is 10.8. The third kappa shape index (κ3) is 2.74. The van der Waals surface area contributed by atoms with Gasteiger partial charge in [0.2, 0.25) is 5.91 Å². The molecular formula is C11H14N4O2S. The number of nitrogens with zero attached hydrogens (tertiary/aromatic N) is 2. The average molecular weight is 266 g/mol. The third-order valence-electron chi connectivity index (χ3n) is 2.45. The van der Waals surface area contributed by atoms with Gasteiger partial charge in [0.25, 0.3) is 0 Å². The number of fused-ring (bicyclic) bond motifs is 1. The van der Waals surface area contributed by atoms with Gasteiger partial charge in [0.15, 0.2) is 10.4 Å². The molecule has 0 saturated heterocycles. The van der Waals surface area contributed by atoms with E-state index in [-0.39, 0.29) is 6.61 Å². The molecule has 2 rings (SSSR count). The predicted octanol–water partition coefficient (Wildman–Crippen LogP) is 0.904. The number of aryl methyl sites for hydroxylation is 1. The second kappa shape index (κ2) is 5.28. The van der Waals surface area contributed by atoms with Gasteiger partial charge in [-0.15, -0.1) is 0 Å². The summed E-state index contributed by atoms with van der Waals surface area (Å²) in [5.41, 5.74) is 7.73. The molecule has 96 valence electrons. The van der Waals surface area contributed by atoms with Crippen molar-refractivity contribution < 1.29 is 9.53 Å². The number of pyridine rings is 1. The number of nitrogens with one attached hydrogen (secondary N) is 1. The van der Waals surface area contributed by atoms with Gasteiger partial charge >= 0.3 is 0 Å². The van der Waals surface area contributed by atoms with Crippen molar-refractivity contribution in [2.24, 2.45) is 5.73 Å². The van der Waals surface area contributed by atoms with E-state index in [9.17, 15) is 4.79 Å². The van der Waals surface area contributed by atoms with E-state index in [1.807, 2.05) is 17.6 Å². The van der Waals surface area contributed by atoms with Crippen LogP contribution in [0.1, 0.15) is 5.56 Å². The van der Waals surface area contributed by atoms with Gasteiger partial charge in [-0.2, -0.15) is 0 Å². The number of ether oxygens (including phenoxy) is 1. The van der Waals surface area contributed by atoms with Gasteiger partial charge in [0, 0.05) is 6.20 Å². The minimum atomic E-state index is -0.480. The number of carbonyl (C=O) groups excluding carboxylic acids is 1. The van der Waals surface area contributed by atoms with Crippen molar-refractivity contribution in [1.82, 2.24) is 14.5 Å². The molecule has 18 heavy (non-hydrogen) atoms. The summed E-state index contributed by atoms with van der Waals surface area (Å²) in [4.78, 5) is 17.9. The minimum Gasteiger partial charge on any atom is -0.370 e. The van der Waals surface area contributed by atoms with Crippen LogP contribution in [0.3, 0.4) is 0 Å². The van der Waals surface area contributed by atoms with Crippen LogP contribution >= 0.6 is 12.2 Å². The Hall–Kier alpha value is -1.73. The van der Waals surface area contributed by atoms with Crippen molar-refractivity contribution >= 4 is 29.3 Å². The third-order valence-corrected chi connectivity index (χ3v) is 2.77. The summed E-state index contributed by atoms with van der Waals surface area (Å²) in [6.07, 6.45) is 1.78. The van der Waals surface area contributed by atoms with Gasteiger partial charge in [-0.1, -0.05) is 0 Å². The SMILES string of the molecule is Cc1cnc2c(c1)[nH]c(=S)n2CCOCC(N)=O. The van der Waals surface area contributed by atoms with Crippen LogP contribution < -0.4 is 5.73 Å². The summed E-state index contributed by atoms with van der Waals surface area (Å²) >= 11 is 5.22. The molecule has 0 spiro atoms. The Morgan fingerprint density at radius 3 is 3.17 bits per heavy atom. The fourth-order valence-electron chi connectivity index (χ4n) is 1.68. The van der Waals surface area contributed by atoms with Gasteiger partial charge in [0.1, 0.15) is 6.61 Å². The van der Waals surface area contributed by atoms with E-state index in [0.29, 0.717) is 17.9 Å². The van der Waals surface area contributed by atoms with E-state index in [1.54, 1.807) is 6.20 Å². The number of aromatic nitrogens is 3. The first-order valence-corrected chi connectivity index (χ1v) is 5.90. The maximum atomic E-state index is 10.5. The smallest absolute Gasteiger partial charge is 0.243 e. The zero-order chi connectivity index (χ0) is 13.1. The number of H-pyrrole nitrogens is 1. The molecule has 3 N–H and O–H groups in total. The lowest BCUT2D eigenvalue weighted by Crippen LogP contribution is -2.19. The van der Waals surface area contributed by atoms with Crippen molar-refractivity contribution in [3.63, 3.8) is 0 Å². The van der Waals surface area contributed by atoms with Gasteiger partial charge in [-0.25, -0.2) is 4.98 Å². The summed E-state index contributed by atoms with van der Waals surface area (Å²) in [7, 11) is 0. The second-order valence-electron chi connectivity index (χ2n) is 3.98. The lowest BCUT2D eigenvalue weighted by molar-refractivity contribution is -0.122. The summed E-state index contributed by atoms with van der Waals surface area (Å²) in [6.45, 7) is 2.78. The summed E-state index contributed by atoms with van der Waals surface area (Å²) in [6, 6.07) is 1.99. The molecular weight excluding hydrogens is 252 g/mol. The molecule has 0 aliphatic rings. The molecule has 7 heteroatoms. The standard InChI is InChI=1S/C11H14N4O2S/c1-7-4-8-10(13-5-7)15(11(18)14-8)2-3-17-6-9(12)16/h4-5H,2-3,6H2,1H3,(H2,12,16)(H,14,18). The molecule has 0 radical (unpaired) electrons. The lowest BCUT2D eigenvalue weighted by Gasteiger charge is -2.04. The van der Waals surface area contributed by atoms with E-state index >= 15 is 0 Å². The Balaban J connectivity index is 2.15. The Labute approximate surface area is 109 Å². The number of rotatable bonds is 5. The normalized spacial score (nSPS) is 10.9. The number of amides is 1. The molecule has 2 heterocycles. The second-order valence-corrected chi connectivity index (χ2v) is 4.37. The highest BCUT2D eigenvalue weighted by molar-refractivity contribution is 7.71. The molecule has 0 fully saturated rings. The lowest BCUT2D eigenvalue weighted by atomic mass is 10.3. The number of aromatic amines is 1. The first kappa shape index (κ1) is 12.7. The van der Waals surface area contributed by atoms with Crippen molar-refractivity contribution in [3.05, 3.63) is 22.6 Å². The average Bonchev–Trinajstić information content (AvgIpc) is 2.59. The summed E-state index contributed by atoms with van der Waals surface area (Å²) in [5.74, 6) is -0.480. The van der Waals surface area contributed by atoms with Gasteiger partial charge < -0.3 is 15.5 Å². The van der Waals surface area contributed by atoms with Crippen molar-refractivity contribution in [2.45, 2.75) is 13.5 Å². The van der Waals surface area contributed by atoms with Crippen molar-refractivity contribution in [3.8, 4) is 0 Å². The predicted molar refractivity (Wildman–Crippen MR) is 69.7 cm³/mol. The van der Waals surface area contributed by atoms with E-state index in [0.717, 1.165) is 16.7 Å². The van der Waals surface area contributed by atoms with Crippen LogP contribution in [0.5, 0.6) is 0 Å². The number of carbonyl (C=O) groups is 1. The number of hydrogen-bond donors (Lipinski definition) is 2. The van der Waals surface area contributed by atoms with E-state index in [4.69, 9.17) is 22.7 Å². The van der Waals surface area contributed by atoms with Crippen LogP contribution in [0.25, 0.3) is 11.2 Å². The van der Waals surface area contributed by atoms with Crippen LogP contribution in [0.15, 0.2) is 12.3 Å². The largest absolute Gasteiger partial charge is 0.370 e. The molecule has 0 aliphatic carbocycles. The zero-order valence-electron chi connectivity index (χ0n) is 9.97. The van der Waals surface area contributed by atoms with Crippen LogP contribution in [-0.4, -0.2) is 33.7 Å². The quantitative estimate of drug-likeness (QED) is 0.622. The highest BCUT2D eigenvalue weighted by Gasteiger charge is 2.05. The Kier molecular flexibility index (Phi) is 3.73. The molecule has 0 aromatic carbocycles. The van der Waals surface area contributed by atoms with E-state index in [1.165, 1.54) is 0 Å². The number of nitrogens with two attached hydrogens (primary N) is 1. The van der Waals surface area contributed by atoms with Gasteiger partial charge in [0.05, 0.1) is 18.7 Å². The fourth-order valence-corrected chi connectivity index (χ4v) is 1.97. The molecule has 2 aromatic heterocycles. The molecule has 0 unspecified atom stereocenters. The van der Waals surface area contributed by atoms with E-state index in [2.05, 4.69) is 9.97 Å². The Morgan fingerprint density at radius 1 is 1.67 bits per heavy atom. The first-order valence-electron chi connectivity index (χ1n) is 5.49. The Morgan fingerprint density at radius 2 is 2.44 bits per heavy atom. The van der Waals surface area contributed by atoms with Crippen LogP contribution in [0.4, 0.5) is 0 Å². The van der Waals surface area contributed by atoms with Crippen molar-refractivity contribution in [1.29, 1.82) is 0 Å². The van der Waals surface area contributed by atoms with Crippen LogP contribution in [-0.2, 0) is 16.1 Å². The summed E-state index contributed by atoms with van der Waals surface area (Å²) in [5, 5.41) is 0. The molecule has 0 bridgehead atoms. The fraction of sp³-hybridized carbons (Fsp3) is 0.364. The van der Waals surface area contributed by atoms with Crippen LogP contribution in [0.2, 0.25) is 0 Å². The first-order chi connectivity index (χ1) is 8.58. The molecule has 6 nitrogen and oxygen atoms in total. The molecule has 0 atom stereocenters. The topological polar surface area (TPSA) is 85.9 Å². The molecule has 0 aliphatic heterocycles. The maximum absolute atomic E-state index is 10.5.